The van der Waals surface area contributed by atoms with Gasteiger partial charge in [0.15, 0.2) is 0 Å². The highest BCUT2D eigenvalue weighted by Crippen LogP contribution is 2.30. The van der Waals surface area contributed by atoms with Crippen LogP contribution in [0.3, 0.4) is 0 Å². The predicted molar refractivity (Wildman–Crippen MR) is 90.0 cm³/mol. The van der Waals surface area contributed by atoms with Gasteiger partial charge in [0.1, 0.15) is 0 Å². The number of methoxy groups -OCH3 is 1. The highest BCUT2D eigenvalue weighted by molar-refractivity contribution is 5.55. The smallest absolute Gasteiger partial charge is 0.0825 e. The molecule has 1 N–H and O–H groups in total. The first-order valence-corrected chi connectivity index (χ1v) is 8.06. The zero-order valence-corrected chi connectivity index (χ0v) is 14.2. The summed E-state index contributed by atoms with van der Waals surface area (Å²) in [6.45, 7) is 11.8. The summed E-state index contributed by atoms with van der Waals surface area (Å²) in [6, 6.07) is 7.35. The lowest BCUT2D eigenvalue weighted by molar-refractivity contribution is -0.00467. The quantitative estimate of drug-likeness (QED) is 0.898. The lowest BCUT2D eigenvalue weighted by atomic mass is 9.93. The largest absolute Gasteiger partial charge is 0.377 e. The van der Waals surface area contributed by atoms with Gasteiger partial charge >= 0.3 is 0 Å². The van der Waals surface area contributed by atoms with E-state index < -0.39 is 0 Å². The molecule has 0 saturated carbocycles. The first kappa shape index (κ1) is 16.3. The molecule has 1 aliphatic heterocycles. The Kier molecular flexibility index (Phi) is 5.28. The Bertz CT molecular complexity index is 472. The molecule has 21 heavy (non-hydrogen) atoms. The molecule has 1 atom stereocenters. The summed E-state index contributed by atoms with van der Waals surface area (Å²) < 4.78 is 5.71. The van der Waals surface area contributed by atoms with E-state index in [1.54, 1.807) is 0 Å². The van der Waals surface area contributed by atoms with E-state index in [0.29, 0.717) is 6.04 Å². The first-order chi connectivity index (χ1) is 9.93. The standard InChI is InChI=1S/C18H30N2O/c1-14(2)19-12-16-7-8-17(15(3)11-16)20-10-6-9-18(4,13-20)21-5/h7-8,11,14,19H,6,9-10,12-13H2,1-5H3. The van der Waals surface area contributed by atoms with Crippen LogP contribution < -0.4 is 10.2 Å². The number of hydrogen-bond donors (Lipinski definition) is 1. The third-order valence-corrected chi connectivity index (χ3v) is 4.47. The van der Waals surface area contributed by atoms with Gasteiger partial charge in [0, 0.05) is 38.5 Å². The van der Waals surface area contributed by atoms with Gasteiger partial charge in [0.25, 0.3) is 0 Å². The van der Waals surface area contributed by atoms with E-state index in [1.165, 1.54) is 23.2 Å². The van der Waals surface area contributed by atoms with Gasteiger partial charge in [-0.1, -0.05) is 26.0 Å². The minimum absolute atomic E-state index is 0.0113. The average Bonchev–Trinajstić information content (AvgIpc) is 2.45. The molecule has 0 amide bonds. The van der Waals surface area contributed by atoms with Crippen LogP contribution >= 0.6 is 0 Å². The maximum atomic E-state index is 5.71. The normalized spacial score (nSPS) is 22.9. The molecular weight excluding hydrogens is 260 g/mol. The SMILES string of the molecule is COC1(C)CCCN(c2ccc(CNC(C)C)cc2C)C1. The Morgan fingerprint density at radius 3 is 2.76 bits per heavy atom. The second-order valence-electron chi connectivity index (χ2n) is 6.84. The topological polar surface area (TPSA) is 24.5 Å². The summed E-state index contributed by atoms with van der Waals surface area (Å²) in [5, 5.41) is 3.48. The third kappa shape index (κ3) is 4.21. The zero-order valence-electron chi connectivity index (χ0n) is 14.2. The third-order valence-electron chi connectivity index (χ3n) is 4.47. The van der Waals surface area contributed by atoms with Crippen LogP contribution in [0.15, 0.2) is 18.2 Å². The van der Waals surface area contributed by atoms with Crippen LogP contribution in [-0.4, -0.2) is 31.8 Å². The van der Waals surface area contributed by atoms with Crippen molar-refractivity contribution in [1.82, 2.24) is 5.32 Å². The molecule has 3 heteroatoms. The molecule has 2 rings (SSSR count). The highest BCUT2D eigenvalue weighted by atomic mass is 16.5. The summed E-state index contributed by atoms with van der Waals surface area (Å²) in [5.41, 5.74) is 4.06. The number of anilines is 1. The maximum absolute atomic E-state index is 5.71. The van der Waals surface area contributed by atoms with Crippen LogP contribution in [0.25, 0.3) is 0 Å². The van der Waals surface area contributed by atoms with Crippen LogP contribution in [0.4, 0.5) is 5.69 Å². The summed E-state index contributed by atoms with van der Waals surface area (Å²) in [6.07, 6.45) is 2.34. The van der Waals surface area contributed by atoms with Gasteiger partial charge in [0.2, 0.25) is 0 Å². The molecule has 1 aromatic rings. The molecule has 0 spiro atoms. The first-order valence-electron chi connectivity index (χ1n) is 8.06. The number of benzene rings is 1. The Morgan fingerprint density at radius 2 is 2.14 bits per heavy atom. The lowest BCUT2D eigenvalue weighted by Crippen LogP contribution is -2.47. The van der Waals surface area contributed by atoms with Crippen molar-refractivity contribution in [2.75, 3.05) is 25.1 Å². The van der Waals surface area contributed by atoms with Crippen molar-refractivity contribution >= 4 is 5.69 Å². The number of rotatable bonds is 5. The fourth-order valence-electron chi connectivity index (χ4n) is 3.08. The van der Waals surface area contributed by atoms with Gasteiger partial charge < -0.3 is 15.0 Å². The molecule has 1 heterocycles. The molecule has 0 radical (unpaired) electrons. The average molecular weight is 290 g/mol. The minimum Gasteiger partial charge on any atom is -0.377 e. The Morgan fingerprint density at radius 1 is 1.38 bits per heavy atom. The summed E-state index contributed by atoms with van der Waals surface area (Å²) in [5.74, 6) is 0. The zero-order chi connectivity index (χ0) is 15.5. The van der Waals surface area contributed by atoms with Gasteiger partial charge in [-0.2, -0.15) is 0 Å². The van der Waals surface area contributed by atoms with Gasteiger partial charge in [-0.25, -0.2) is 0 Å². The van der Waals surface area contributed by atoms with E-state index in [1.807, 2.05) is 7.11 Å². The number of nitrogens with zero attached hydrogens (tertiary/aromatic N) is 1. The molecule has 3 nitrogen and oxygen atoms in total. The second kappa shape index (κ2) is 6.80. The number of ether oxygens (including phenoxy) is 1. The molecule has 1 aliphatic rings. The Hall–Kier alpha value is -1.06. The van der Waals surface area contributed by atoms with Crippen molar-refractivity contribution in [1.29, 1.82) is 0 Å². The van der Waals surface area contributed by atoms with E-state index in [-0.39, 0.29) is 5.60 Å². The molecule has 1 saturated heterocycles. The summed E-state index contributed by atoms with van der Waals surface area (Å²) in [7, 11) is 1.83. The highest BCUT2D eigenvalue weighted by Gasteiger charge is 2.31. The monoisotopic (exact) mass is 290 g/mol. The van der Waals surface area contributed by atoms with Crippen LogP contribution in [0, 0.1) is 6.92 Å². The van der Waals surface area contributed by atoms with Gasteiger partial charge in [-0.3, -0.25) is 0 Å². The van der Waals surface area contributed by atoms with Gasteiger partial charge in [-0.15, -0.1) is 0 Å². The molecule has 118 valence electrons. The lowest BCUT2D eigenvalue weighted by Gasteiger charge is -2.41. The van der Waals surface area contributed by atoms with Gasteiger partial charge in [-0.05, 0) is 43.9 Å². The van der Waals surface area contributed by atoms with Crippen molar-refractivity contribution in [3.8, 4) is 0 Å². The molecule has 0 aromatic heterocycles. The number of nitrogens with one attached hydrogen (secondary N) is 1. The molecule has 1 aromatic carbocycles. The van der Waals surface area contributed by atoms with Crippen molar-refractivity contribution < 1.29 is 4.74 Å². The summed E-state index contributed by atoms with van der Waals surface area (Å²) >= 11 is 0. The van der Waals surface area contributed by atoms with E-state index in [4.69, 9.17) is 4.74 Å². The van der Waals surface area contributed by atoms with Crippen LogP contribution in [-0.2, 0) is 11.3 Å². The van der Waals surface area contributed by atoms with Crippen molar-refractivity contribution in [3.05, 3.63) is 29.3 Å². The molecule has 1 fully saturated rings. The van der Waals surface area contributed by atoms with E-state index in [2.05, 4.69) is 56.1 Å². The van der Waals surface area contributed by atoms with Crippen molar-refractivity contribution in [2.24, 2.45) is 0 Å². The number of hydrogen-bond acceptors (Lipinski definition) is 3. The van der Waals surface area contributed by atoms with E-state index in [9.17, 15) is 0 Å². The van der Waals surface area contributed by atoms with Crippen molar-refractivity contribution in [2.45, 2.75) is 58.7 Å². The van der Waals surface area contributed by atoms with Crippen molar-refractivity contribution in [3.63, 3.8) is 0 Å². The van der Waals surface area contributed by atoms with Crippen LogP contribution in [0.2, 0.25) is 0 Å². The molecular formula is C18H30N2O. The number of aryl methyl sites for hydroxylation is 1. The van der Waals surface area contributed by atoms with E-state index in [0.717, 1.165) is 26.1 Å². The fraction of sp³-hybridized carbons (Fsp3) is 0.667. The van der Waals surface area contributed by atoms with E-state index >= 15 is 0 Å². The van der Waals surface area contributed by atoms with Crippen LogP contribution in [0.1, 0.15) is 44.7 Å². The maximum Gasteiger partial charge on any atom is 0.0825 e. The predicted octanol–water partition coefficient (Wildman–Crippen LogP) is 3.50. The summed E-state index contributed by atoms with van der Waals surface area (Å²) in [4.78, 5) is 2.47. The minimum atomic E-state index is -0.0113. The van der Waals surface area contributed by atoms with Crippen LogP contribution in [0.5, 0.6) is 0 Å². The number of piperidine rings is 1. The molecule has 1 unspecified atom stereocenters. The fourth-order valence-corrected chi connectivity index (χ4v) is 3.08. The van der Waals surface area contributed by atoms with Gasteiger partial charge in [0.05, 0.1) is 5.60 Å². The Labute approximate surface area is 129 Å². The molecule has 0 bridgehead atoms. The Balaban J connectivity index is 2.10. The molecule has 0 aliphatic carbocycles. The second-order valence-corrected chi connectivity index (χ2v) is 6.84.